The van der Waals surface area contributed by atoms with Gasteiger partial charge in [-0.15, -0.1) is 0 Å². The molecule has 116 valence electrons. The van der Waals surface area contributed by atoms with Gasteiger partial charge in [-0.25, -0.2) is 4.79 Å². The molecule has 1 aromatic carbocycles. The number of nitrogens with zero attached hydrogens (tertiary/aromatic N) is 1. The standard InChI is InChI=1S/C12H11BrF3NO4/c1-21-10(19)9(17(13)11(20)12(14,15)16)6-7-2-4-8(18)5-3-7/h2-5,9,18H,6H2,1H3. The first-order chi connectivity index (χ1) is 9.66. The molecule has 21 heavy (non-hydrogen) atoms. The number of esters is 1. The average molecular weight is 370 g/mol. The van der Waals surface area contributed by atoms with Crippen molar-refractivity contribution in [3.63, 3.8) is 0 Å². The fourth-order valence-electron chi connectivity index (χ4n) is 1.51. The molecular formula is C12H11BrF3NO4. The van der Waals surface area contributed by atoms with Crippen LogP contribution in [-0.2, 0) is 20.7 Å². The maximum atomic E-state index is 12.4. The molecular weight excluding hydrogens is 359 g/mol. The van der Waals surface area contributed by atoms with Crippen molar-refractivity contribution in [3.05, 3.63) is 29.8 Å². The van der Waals surface area contributed by atoms with Crippen LogP contribution in [0.25, 0.3) is 0 Å². The van der Waals surface area contributed by atoms with Crippen LogP contribution in [0.5, 0.6) is 5.75 Å². The molecule has 0 radical (unpaired) electrons. The van der Waals surface area contributed by atoms with Crippen LogP contribution in [0.3, 0.4) is 0 Å². The van der Waals surface area contributed by atoms with Gasteiger partial charge in [0.15, 0.2) is 0 Å². The van der Waals surface area contributed by atoms with Gasteiger partial charge >= 0.3 is 18.1 Å². The fraction of sp³-hybridized carbons (Fsp3) is 0.333. The number of aromatic hydroxyl groups is 1. The second kappa shape index (κ2) is 6.79. The molecule has 0 spiro atoms. The Morgan fingerprint density at radius 3 is 2.29 bits per heavy atom. The monoisotopic (exact) mass is 369 g/mol. The SMILES string of the molecule is COC(=O)C(Cc1ccc(O)cc1)N(Br)C(=O)C(F)(F)F. The lowest BCUT2D eigenvalue weighted by Gasteiger charge is -2.24. The molecule has 0 aliphatic rings. The maximum absolute atomic E-state index is 12.4. The number of halogens is 4. The normalized spacial score (nSPS) is 12.6. The molecule has 1 amide bonds. The summed E-state index contributed by atoms with van der Waals surface area (Å²) in [6, 6.07) is 3.98. The van der Waals surface area contributed by atoms with Gasteiger partial charge in [0.25, 0.3) is 0 Å². The molecule has 5 nitrogen and oxygen atoms in total. The molecule has 1 aromatic rings. The van der Waals surface area contributed by atoms with E-state index < -0.39 is 24.1 Å². The van der Waals surface area contributed by atoms with Crippen LogP contribution in [0.1, 0.15) is 5.56 Å². The van der Waals surface area contributed by atoms with Gasteiger partial charge in [0.1, 0.15) is 11.8 Å². The Labute approximate surface area is 126 Å². The van der Waals surface area contributed by atoms with Crippen molar-refractivity contribution in [1.82, 2.24) is 3.93 Å². The van der Waals surface area contributed by atoms with E-state index in [1.807, 2.05) is 0 Å². The number of hydrogen-bond donors (Lipinski definition) is 1. The molecule has 0 heterocycles. The lowest BCUT2D eigenvalue weighted by molar-refractivity contribution is -0.182. The highest BCUT2D eigenvalue weighted by Crippen LogP contribution is 2.24. The predicted molar refractivity (Wildman–Crippen MR) is 69.4 cm³/mol. The number of ether oxygens (including phenoxy) is 1. The van der Waals surface area contributed by atoms with Gasteiger partial charge in [-0.05, 0) is 17.7 Å². The Morgan fingerprint density at radius 1 is 1.33 bits per heavy atom. The molecule has 1 N–H and O–H groups in total. The van der Waals surface area contributed by atoms with Crippen molar-refractivity contribution in [2.24, 2.45) is 0 Å². The molecule has 9 heteroatoms. The van der Waals surface area contributed by atoms with Gasteiger partial charge in [0.2, 0.25) is 0 Å². The molecule has 0 fully saturated rings. The van der Waals surface area contributed by atoms with Crippen LogP contribution >= 0.6 is 16.1 Å². The zero-order valence-corrected chi connectivity index (χ0v) is 12.3. The Hall–Kier alpha value is -1.77. The zero-order valence-electron chi connectivity index (χ0n) is 10.7. The van der Waals surface area contributed by atoms with Crippen LogP contribution in [0.15, 0.2) is 24.3 Å². The van der Waals surface area contributed by atoms with Gasteiger partial charge in [0.05, 0.1) is 23.3 Å². The molecule has 0 aromatic heterocycles. The van der Waals surface area contributed by atoms with Crippen molar-refractivity contribution in [3.8, 4) is 5.75 Å². The molecule has 1 rings (SSSR count). The van der Waals surface area contributed by atoms with E-state index in [1.54, 1.807) is 0 Å². The van der Waals surface area contributed by atoms with E-state index >= 15 is 0 Å². The van der Waals surface area contributed by atoms with Gasteiger partial charge in [-0.1, -0.05) is 12.1 Å². The summed E-state index contributed by atoms with van der Waals surface area (Å²) in [5.74, 6) is -3.25. The smallest absolute Gasteiger partial charge is 0.472 e. The van der Waals surface area contributed by atoms with Crippen LogP contribution < -0.4 is 0 Å². The molecule has 1 unspecified atom stereocenters. The van der Waals surface area contributed by atoms with Gasteiger partial charge in [0, 0.05) is 6.42 Å². The fourth-order valence-corrected chi connectivity index (χ4v) is 2.02. The highest BCUT2D eigenvalue weighted by atomic mass is 79.9. The molecule has 0 aliphatic carbocycles. The second-order valence-corrected chi connectivity index (χ2v) is 4.79. The number of phenolic OH excluding ortho intramolecular Hbond substituents is 1. The number of rotatable bonds is 4. The summed E-state index contributed by atoms with van der Waals surface area (Å²) in [6.45, 7) is 0. The Balaban J connectivity index is 2.98. The second-order valence-electron chi connectivity index (χ2n) is 4.02. The van der Waals surface area contributed by atoms with E-state index in [9.17, 15) is 22.8 Å². The van der Waals surface area contributed by atoms with Crippen LogP contribution in [0.4, 0.5) is 13.2 Å². The maximum Gasteiger partial charge on any atom is 0.472 e. The Bertz CT molecular complexity index is 518. The average Bonchev–Trinajstić information content (AvgIpc) is 2.43. The highest BCUT2D eigenvalue weighted by molar-refractivity contribution is 9.07. The van der Waals surface area contributed by atoms with Crippen molar-refractivity contribution < 1.29 is 32.6 Å². The van der Waals surface area contributed by atoms with E-state index in [0.717, 1.165) is 7.11 Å². The topological polar surface area (TPSA) is 66.8 Å². The molecule has 1 atom stereocenters. The zero-order chi connectivity index (χ0) is 16.2. The number of benzene rings is 1. The minimum Gasteiger partial charge on any atom is -0.508 e. The first-order valence-electron chi connectivity index (χ1n) is 5.58. The molecule has 0 aliphatic heterocycles. The minimum absolute atomic E-state index is 0.0320. The van der Waals surface area contributed by atoms with Gasteiger partial charge < -0.3 is 9.84 Å². The van der Waals surface area contributed by atoms with Gasteiger partial charge in [-0.2, -0.15) is 13.2 Å². The summed E-state index contributed by atoms with van der Waals surface area (Å²) >= 11 is 2.47. The number of methoxy groups -OCH3 is 1. The van der Waals surface area contributed by atoms with Crippen LogP contribution in [-0.4, -0.2) is 40.2 Å². The molecule has 0 bridgehead atoms. The third-order valence-corrected chi connectivity index (χ3v) is 3.37. The number of amides is 1. The van der Waals surface area contributed by atoms with Gasteiger partial charge in [-0.3, -0.25) is 8.72 Å². The summed E-state index contributed by atoms with van der Waals surface area (Å²) < 4.78 is 41.8. The summed E-state index contributed by atoms with van der Waals surface area (Å²) in [6.07, 6.45) is -5.33. The van der Waals surface area contributed by atoms with Crippen molar-refractivity contribution in [2.75, 3.05) is 7.11 Å². The summed E-state index contributed by atoms with van der Waals surface area (Å²) in [5.41, 5.74) is 0.447. The number of carbonyl (C=O) groups is 2. The Morgan fingerprint density at radius 2 is 1.86 bits per heavy atom. The number of carbonyl (C=O) groups excluding carboxylic acids is 2. The van der Waals surface area contributed by atoms with E-state index in [-0.39, 0.29) is 16.1 Å². The summed E-state index contributed by atoms with van der Waals surface area (Å²) in [7, 11) is 1.01. The van der Waals surface area contributed by atoms with E-state index in [1.165, 1.54) is 24.3 Å². The summed E-state index contributed by atoms with van der Waals surface area (Å²) in [4.78, 5) is 22.8. The Kier molecular flexibility index (Phi) is 5.59. The lowest BCUT2D eigenvalue weighted by Crippen LogP contribution is -2.46. The van der Waals surface area contributed by atoms with Crippen LogP contribution in [0.2, 0.25) is 0 Å². The van der Waals surface area contributed by atoms with E-state index in [4.69, 9.17) is 5.11 Å². The quantitative estimate of drug-likeness (QED) is 0.652. The third-order valence-electron chi connectivity index (χ3n) is 2.55. The largest absolute Gasteiger partial charge is 0.508 e. The first kappa shape index (κ1) is 17.3. The molecule has 0 saturated carbocycles. The van der Waals surface area contributed by atoms with Crippen molar-refractivity contribution in [2.45, 2.75) is 18.6 Å². The summed E-state index contributed by atoms with van der Waals surface area (Å²) in [5, 5.41) is 9.14. The number of hydrogen-bond acceptors (Lipinski definition) is 4. The lowest BCUT2D eigenvalue weighted by atomic mass is 10.1. The number of alkyl halides is 3. The first-order valence-corrected chi connectivity index (χ1v) is 6.29. The third kappa shape index (κ3) is 4.62. The number of phenols is 1. The van der Waals surface area contributed by atoms with E-state index in [2.05, 4.69) is 20.9 Å². The molecule has 0 saturated heterocycles. The highest BCUT2D eigenvalue weighted by Gasteiger charge is 2.46. The van der Waals surface area contributed by atoms with Crippen LogP contribution in [0, 0.1) is 0 Å². The van der Waals surface area contributed by atoms with Crippen molar-refractivity contribution in [1.29, 1.82) is 0 Å². The minimum atomic E-state index is -5.12. The predicted octanol–water partition coefficient (Wildman–Crippen LogP) is 2.18. The van der Waals surface area contributed by atoms with Crippen molar-refractivity contribution >= 4 is 28.0 Å². The van der Waals surface area contributed by atoms with E-state index in [0.29, 0.717) is 5.56 Å².